The van der Waals surface area contributed by atoms with Crippen LogP contribution in [0.3, 0.4) is 0 Å². The number of nitrogens with zero attached hydrogens (tertiary/aromatic N) is 1. The fourth-order valence-corrected chi connectivity index (χ4v) is 1.96. The van der Waals surface area contributed by atoms with Crippen LogP contribution >= 0.6 is 11.6 Å². The van der Waals surface area contributed by atoms with Gasteiger partial charge >= 0.3 is 6.03 Å². The predicted molar refractivity (Wildman–Crippen MR) is 74.0 cm³/mol. The molecule has 0 spiro atoms. The number of rotatable bonds is 2. The summed E-state index contributed by atoms with van der Waals surface area (Å²) in [6.07, 6.45) is 1.26. The van der Waals surface area contributed by atoms with Crippen molar-refractivity contribution >= 4 is 35.5 Å². The van der Waals surface area contributed by atoms with Crippen LogP contribution in [0.1, 0.15) is 5.56 Å². The van der Waals surface area contributed by atoms with Crippen molar-refractivity contribution in [3.63, 3.8) is 0 Å². The SMILES string of the molecule is COc1cc(/C=C2/C(=O)NC(=O)N(C)C2=O)cc(Cl)c1O. The number of nitrogens with one attached hydrogen (secondary N) is 1. The molecule has 4 amide bonds. The number of carbonyl (C=O) groups excluding carboxylic acids is 3. The lowest BCUT2D eigenvalue weighted by Gasteiger charge is -2.22. The van der Waals surface area contributed by atoms with E-state index in [1.54, 1.807) is 0 Å². The van der Waals surface area contributed by atoms with E-state index in [9.17, 15) is 19.5 Å². The predicted octanol–water partition coefficient (Wildman–Crippen LogP) is 1.15. The van der Waals surface area contributed by atoms with Crippen LogP contribution in [-0.2, 0) is 9.59 Å². The molecule has 1 aromatic rings. The van der Waals surface area contributed by atoms with Gasteiger partial charge in [-0.1, -0.05) is 11.6 Å². The number of halogens is 1. The van der Waals surface area contributed by atoms with Crippen molar-refractivity contribution in [3.8, 4) is 11.5 Å². The molecule has 1 aliphatic heterocycles. The molecular weight excluding hydrogens is 300 g/mol. The van der Waals surface area contributed by atoms with Gasteiger partial charge in [-0.05, 0) is 23.8 Å². The van der Waals surface area contributed by atoms with Gasteiger partial charge in [0, 0.05) is 7.05 Å². The van der Waals surface area contributed by atoms with Crippen molar-refractivity contribution in [1.82, 2.24) is 10.2 Å². The number of imide groups is 2. The number of benzene rings is 1. The summed E-state index contributed by atoms with van der Waals surface area (Å²) in [6, 6.07) is 1.98. The summed E-state index contributed by atoms with van der Waals surface area (Å²) in [5.74, 6) is -1.67. The second-order valence-electron chi connectivity index (χ2n) is 4.24. The Kier molecular flexibility index (Phi) is 3.86. The highest BCUT2D eigenvalue weighted by Crippen LogP contribution is 2.35. The summed E-state index contributed by atoms with van der Waals surface area (Å²) in [5, 5.41) is 11.7. The highest BCUT2D eigenvalue weighted by molar-refractivity contribution is 6.33. The number of methoxy groups -OCH3 is 1. The maximum Gasteiger partial charge on any atom is 0.331 e. The third-order valence-corrected chi connectivity index (χ3v) is 3.17. The monoisotopic (exact) mass is 310 g/mol. The van der Waals surface area contributed by atoms with Gasteiger partial charge in [0.15, 0.2) is 11.5 Å². The summed E-state index contributed by atoms with van der Waals surface area (Å²) in [6.45, 7) is 0. The van der Waals surface area contributed by atoms with Crippen LogP contribution in [0.15, 0.2) is 17.7 Å². The summed E-state index contributed by atoms with van der Waals surface area (Å²) in [5.41, 5.74) is 0.150. The minimum Gasteiger partial charge on any atom is -0.503 e. The standard InChI is InChI=1S/C13H11ClN2O5/c1-16-12(19)7(11(18)15-13(16)20)3-6-4-8(14)10(17)9(5-6)21-2/h3-5,17H,1-2H3,(H,15,18,20)/b7-3-. The number of amides is 4. The smallest absolute Gasteiger partial charge is 0.331 e. The van der Waals surface area contributed by atoms with Crippen LogP contribution in [0.2, 0.25) is 5.02 Å². The highest BCUT2D eigenvalue weighted by atomic mass is 35.5. The van der Waals surface area contributed by atoms with Crippen molar-refractivity contribution in [2.45, 2.75) is 0 Å². The molecule has 1 fully saturated rings. The van der Waals surface area contributed by atoms with E-state index in [0.29, 0.717) is 5.56 Å². The molecule has 0 radical (unpaired) electrons. The minimum absolute atomic E-state index is 0.00861. The third kappa shape index (κ3) is 2.68. The van der Waals surface area contributed by atoms with Crippen molar-refractivity contribution in [2.75, 3.05) is 14.2 Å². The molecule has 1 aromatic carbocycles. The first-order chi connectivity index (χ1) is 9.85. The molecule has 8 heteroatoms. The van der Waals surface area contributed by atoms with Gasteiger partial charge in [-0.2, -0.15) is 0 Å². The number of hydrogen-bond donors (Lipinski definition) is 2. The van der Waals surface area contributed by atoms with Gasteiger partial charge in [0.2, 0.25) is 0 Å². The fourth-order valence-electron chi connectivity index (χ4n) is 1.75. The second kappa shape index (κ2) is 5.45. The van der Waals surface area contributed by atoms with Crippen LogP contribution in [0.5, 0.6) is 11.5 Å². The van der Waals surface area contributed by atoms with E-state index in [-0.39, 0.29) is 22.1 Å². The largest absolute Gasteiger partial charge is 0.503 e. The number of aromatic hydroxyl groups is 1. The maximum absolute atomic E-state index is 11.9. The van der Waals surface area contributed by atoms with E-state index >= 15 is 0 Å². The van der Waals surface area contributed by atoms with Gasteiger partial charge in [-0.3, -0.25) is 19.8 Å². The lowest BCUT2D eigenvalue weighted by molar-refractivity contribution is -0.129. The number of phenolic OH excluding ortho intramolecular Hbond substituents is 1. The van der Waals surface area contributed by atoms with Crippen molar-refractivity contribution < 1.29 is 24.2 Å². The molecule has 0 saturated carbocycles. The topological polar surface area (TPSA) is 95.9 Å². The molecule has 1 aliphatic rings. The van der Waals surface area contributed by atoms with Crippen molar-refractivity contribution in [2.24, 2.45) is 0 Å². The van der Waals surface area contributed by atoms with Gasteiger partial charge < -0.3 is 9.84 Å². The van der Waals surface area contributed by atoms with E-state index in [0.717, 1.165) is 4.90 Å². The molecule has 2 rings (SSSR count). The van der Waals surface area contributed by atoms with Gasteiger partial charge in [0.05, 0.1) is 12.1 Å². The van der Waals surface area contributed by atoms with Gasteiger partial charge in [-0.25, -0.2) is 4.79 Å². The molecule has 1 saturated heterocycles. The van der Waals surface area contributed by atoms with E-state index in [4.69, 9.17) is 16.3 Å². The highest BCUT2D eigenvalue weighted by Gasteiger charge is 2.33. The van der Waals surface area contributed by atoms with Crippen LogP contribution in [-0.4, -0.2) is 42.0 Å². The van der Waals surface area contributed by atoms with Gasteiger partial charge in [0.25, 0.3) is 11.8 Å². The first-order valence-electron chi connectivity index (χ1n) is 5.76. The maximum atomic E-state index is 11.9. The fraction of sp³-hybridized carbons (Fsp3) is 0.154. The van der Waals surface area contributed by atoms with E-state index in [1.165, 1.54) is 32.4 Å². The zero-order chi connectivity index (χ0) is 15.7. The van der Waals surface area contributed by atoms with Gasteiger partial charge in [0.1, 0.15) is 5.57 Å². The number of barbiturate groups is 1. The summed E-state index contributed by atoms with van der Waals surface area (Å²) >= 11 is 5.83. The Hall–Kier alpha value is -2.54. The molecule has 0 unspecified atom stereocenters. The number of phenols is 1. The van der Waals surface area contributed by atoms with Crippen LogP contribution in [0, 0.1) is 0 Å². The lowest BCUT2D eigenvalue weighted by Crippen LogP contribution is -2.52. The second-order valence-corrected chi connectivity index (χ2v) is 4.64. The lowest BCUT2D eigenvalue weighted by atomic mass is 10.1. The van der Waals surface area contributed by atoms with Crippen LogP contribution in [0.25, 0.3) is 6.08 Å². The Morgan fingerprint density at radius 1 is 1.33 bits per heavy atom. The molecule has 7 nitrogen and oxygen atoms in total. The molecule has 0 bridgehead atoms. The number of ether oxygens (including phenoxy) is 1. The Morgan fingerprint density at radius 3 is 2.62 bits per heavy atom. The molecular formula is C13H11ClN2O5. The minimum atomic E-state index is -0.800. The van der Waals surface area contributed by atoms with Crippen molar-refractivity contribution in [3.05, 3.63) is 28.3 Å². The quantitative estimate of drug-likeness (QED) is 0.631. The Labute approximate surface area is 124 Å². The van der Waals surface area contributed by atoms with Crippen molar-refractivity contribution in [1.29, 1.82) is 0 Å². The summed E-state index contributed by atoms with van der Waals surface area (Å²) in [7, 11) is 2.59. The van der Waals surface area contributed by atoms with Crippen LogP contribution in [0.4, 0.5) is 4.79 Å². The average molecular weight is 311 g/mol. The number of likely N-dealkylation sites (N-methyl/N-ethyl adjacent to an activating group) is 1. The van der Waals surface area contributed by atoms with Gasteiger partial charge in [-0.15, -0.1) is 0 Å². The normalized spacial score (nSPS) is 17.2. The van der Waals surface area contributed by atoms with E-state index in [2.05, 4.69) is 0 Å². The summed E-state index contributed by atoms with van der Waals surface area (Å²) in [4.78, 5) is 35.7. The molecule has 0 aliphatic carbocycles. The summed E-state index contributed by atoms with van der Waals surface area (Å²) < 4.78 is 4.93. The first kappa shape index (κ1) is 14.9. The number of urea groups is 1. The number of hydrogen-bond acceptors (Lipinski definition) is 5. The average Bonchev–Trinajstić information content (AvgIpc) is 2.44. The Morgan fingerprint density at radius 2 is 2.00 bits per heavy atom. The van der Waals surface area contributed by atoms with E-state index < -0.39 is 17.8 Å². The van der Waals surface area contributed by atoms with Crippen LogP contribution < -0.4 is 10.1 Å². The van der Waals surface area contributed by atoms with E-state index in [1.807, 2.05) is 5.32 Å². The zero-order valence-corrected chi connectivity index (χ0v) is 11.9. The number of carbonyl (C=O) groups is 3. The molecule has 21 heavy (non-hydrogen) atoms. The molecule has 0 atom stereocenters. The third-order valence-electron chi connectivity index (χ3n) is 2.89. The zero-order valence-electron chi connectivity index (χ0n) is 11.1. The molecule has 0 aromatic heterocycles. The molecule has 1 heterocycles. The first-order valence-corrected chi connectivity index (χ1v) is 6.14. The Balaban J connectivity index is 2.48. The Bertz CT molecular complexity index is 683. The molecule has 110 valence electrons. The molecule has 2 N–H and O–H groups in total.